The van der Waals surface area contributed by atoms with E-state index in [2.05, 4.69) is 17.6 Å². The van der Waals surface area contributed by atoms with Gasteiger partial charge in [-0.05, 0) is 48.4 Å². The summed E-state index contributed by atoms with van der Waals surface area (Å²) in [6, 6.07) is 23.1. The van der Waals surface area contributed by atoms with E-state index in [-0.39, 0.29) is 11.8 Å². The van der Waals surface area contributed by atoms with Gasteiger partial charge in [0.25, 0.3) is 11.8 Å². The minimum Gasteiger partial charge on any atom is -0.493 e. The zero-order chi connectivity index (χ0) is 23.5. The smallest absolute Gasteiger partial charge is 0.253 e. The van der Waals surface area contributed by atoms with E-state index in [1.54, 1.807) is 67.8 Å². The van der Waals surface area contributed by atoms with E-state index in [1.807, 2.05) is 18.2 Å². The molecule has 33 heavy (non-hydrogen) atoms. The number of carbonyl (C=O) groups is 2. The Kier molecular flexibility index (Phi) is 8.88. The monoisotopic (exact) mass is 446 g/mol. The van der Waals surface area contributed by atoms with Crippen molar-refractivity contribution in [2.75, 3.05) is 13.7 Å². The van der Waals surface area contributed by atoms with E-state index >= 15 is 0 Å². The van der Waals surface area contributed by atoms with E-state index in [1.165, 1.54) is 0 Å². The molecule has 2 N–H and O–H groups in total. The lowest BCUT2D eigenvalue weighted by Crippen LogP contribution is -2.41. The molecular weight excluding hydrogens is 416 g/mol. The molecule has 0 aliphatic carbocycles. The van der Waals surface area contributed by atoms with Crippen LogP contribution in [-0.4, -0.2) is 25.5 Å². The highest BCUT2D eigenvalue weighted by atomic mass is 16.5. The molecule has 0 radical (unpaired) electrons. The maximum absolute atomic E-state index is 12.9. The summed E-state index contributed by atoms with van der Waals surface area (Å²) in [5.74, 6) is 0.567. The van der Waals surface area contributed by atoms with Gasteiger partial charge < -0.3 is 20.1 Å². The number of unbranched alkanes of at least 4 members (excludes halogenated alkanes) is 2. The molecule has 0 unspecified atom stereocenters. The molecule has 3 aromatic rings. The maximum Gasteiger partial charge on any atom is 0.253 e. The van der Waals surface area contributed by atoms with Crippen LogP contribution in [0.3, 0.4) is 0 Å². The minimum atomic E-state index is -0.770. The number of nitrogens with one attached hydrogen (secondary N) is 2. The molecule has 0 saturated heterocycles. The van der Waals surface area contributed by atoms with Gasteiger partial charge in [-0.25, -0.2) is 0 Å². The molecule has 6 nitrogen and oxygen atoms in total. The highest BCUT2D eigenvalue weighted by molar-refractivity contribution is 5.96. The van der Waals surface area contributed by atoms with Gasteiger partial charge in [-0.2, -0.15) is 0 Å². The number of methoxy groups -OCH3 is 1. The van der Waals surface area contributed by atoms with E-state index in [0.29, 0.717) is 34.8 Å². The molecular formula is C27H30N2O4. The quantitative estimate of drug-likeness (QED) is 0.317. The van der Waals surface area contributed by atoms with Crippen molar-refractivity contribution in [2.45, 2.75) is 32.4 Å². The van der Waals surface area contributed by atoms with Crippen molar-refractivity contribution in [3.63, 3.8) is 0 Å². The normalized spacial score (nSPS) is 10.5. The van der Waals surface area contributed by atoms with Crippen LogP contribution in [0.25, 0.3) is 0 Å². The molecule has 0 fully saturated rings. The van der Waals surface area contributed by atoms with Gasteiger partial charge in [0.1, 0.15) is 6.17 Å². The maximum atomic E-state index is 12.9. The Bertz CT molecular complexity index is 985. The number of ether oxygens (including phenoxy) is 2. The molecule has 0 bridgehead atoms. The molecule has 6 heteroatoms. The van der Waals surface area contributed by atoms with Crippen LogP contribution in [0.1, 0.15) is 58.6 Å². The Balaban J connectivity index is 1.84. The summed E-state index contributed by atoms with van der Waals surface area (Å²) in [7, 11) is 1.57. The summed E-state index contributed by atoms with van der Waals surface area (Å²) in [6.07, 6.45) is 2.40. The van der Waals surface area contributed by atoms with Gasteiger partial charge in [0, 0.05) is 11.1 Å². The summed E-state index contributed by atoms with van der Waals surface area (Å²) >= 11 is 0. The average Bonchev–Trinajstić information content (AvgIpc) is 2.87. The lowest BCUT2D eigenvalue weighted by molar-refractivity contribution is 0.0883. The van der Waals surface area contributed by atoms with Gasteiger partial charge in [-0.15, -0.1) is 0 Å². The first-order valence-electron chi connectivity index (χ1n) is 11.1. The average molecular weight is 447 g/mol. The molecule has 0 aromatic heterocycles. The molecule has 0 heterocycles. The summed E-state index contributed by atoms with van der Waals surface area (Å²) in [4.78, 5) is 25.7. The van der Waals surface area contributed by atoms with Crippen LogP contribution in [0, 0.1) is 0 Å². The van der Waals surface area contributed by atoms with Crippen LogP contribution in [0.2, 0.25) is 0 Å². The Morgan fingerprint density at radius 1 is 0.788 bits per heavy atom. The molecule has 0 spiro atoms. The van der Waals surface area contributed by atoms with E-state index in [9.17, 15) is 9.59 Å². The predicted molar refractivity (Wildman–Crippen MR) is 129 cm³/mol. The first-order valence-corrected chi connectivity index (χ1v) is 11.1. The molecule has 0 aliphatic rings. The topological polar surface area (TPSA) is 76.7 Å². The molecule has 0 saturated carbocycles. The van der Waals surface area contributed by atoms with Gasteiger partial charge in [0.05, 0.1) is 13.7 Å². The third kappa shape index (κ3) is 6.84. The fourth-order valence-corrected chi connectivity index (χ4v) is 3.33. The van der Waals surface area contributed by atoms with Gasteiger partial charge in [-0.1, -0.05) is 62.2 Å². The third-order valence-corrected chi connectivity index (χ3v) is 5.15. The second-order valence-corrected chi connectivity index (χ2v) is 7.58. The van der Waals surface area contributed by atoms with Crippen LogP contribution in [0.4, 0.5) is 0 Å². The van der Waals surface area contributed by atoms with Crippen LogP contribution < -0.4 is 20.1 Å². The van der Waals surface area contributed by atoms with Crippen molar-refractivity contribution in [1.82, 2.24) is 10.6 Å². The Morgan fingerprint density at radius 3 is 1.88 bits per heavy atom. The first-order chi connectivity index (χ1) is 16.1. The standard InChI is InChI=1S/C27H30N2O4/c1-3-4-11-18-33-23-17-16-22(19-24(23)32-2)25(28-26(30)20-12-7-5-8-13-20)29-27(31)21-14-9-6-10-15-21/h5-10,12-17,19,25H,3-4,11,18H2,1-2H3,(H,28,30)(H,29,31). The lowest BCUT2D eigenvalue weighted by Gasteiger charge is -2.22. The molecule has 3 aromatic carbocycles. The SMILES string of the molecule is CCCCCOc1ccc(C(NC(=O)c2ccccc2)NC(=O)c2ccccc2)cc1OC. The molecule has 172 valence electrons. The highest BCUT2D eigenvalue weighted by Gasteiger charge is 2.20. The van der Waals surface area contributed by atoms with Crippen molar-refractivity contribution in [1.29, 1.82) is 0 Å². The van der Waals surface area contributed by atoms with Crippen molar-refractivity contribution in [3.8, 4) is 11.5 Å². The Labute approximate surface area is 194 Å². The van der Waals surface area contributed by atoms with E-state index in [0.717, 1.165) is 19.3 Å². The van der Waals surface area contributed by atoms with Gasteiger partial charge in [-0.3, -0.25) is 9.59 Å². The first kappa shape index (κ1) is 23.9. The number of benzene rings is 3. The van der Waals surface area contributed by atoms with Gasteiger partial charge in [0.15, 0.2) is 11.5 Å². The number of amides is 2. The zero-order valence-corrected chi connectivity index (χ0v) is 19.0. The van der Waals surface area contributed by atoms with E-state index < -0.39 is 6.17 Å². The largest absolute Gasteiger partial charge is 0.493 e. The van der Waals surface area contributed by atoms with Crippen molar-refractivity contribution < 1.29 is 19.1 Å². The van der Waals surface area contributed by atoms with Crippen LogP contribution >= 0.6 is 0 Å². The fourth-order valence-electron chi connectivity index (χ4n) is 3.33. The third-order valence-electron chi connectivity index (χ3n) is 5.15. The number of carbonyl (C=O) groups excluding carboxylic acids is 2. The molecule has 0 atom stereocenters. The van der Waals surface area contributed by atoms with Crippen molar-refractivity contribution in [3.05, 3.63) is 95.6 Å². The number of rotatable bonds is 11. The second kappa shape index (κ2) is 12.3. The van der Waals surface area contributed by atoms with E-state index in [4.69, 9.17) is 9.47 Å². The molecule has 2 amide bonds. The van der Waals surface area contributed by atoms with Crippen molar-refractivity contribution in [2.24, 2.45) is 0 Å². The van der Waals surface area contributed by atoms with Crippen LogP contribution in [0.5, 0.6) is 11.5 Å². The number of hydrogen-bond acceptors (Lipinski definition) is 4. The zero-order valence-electron chi connectivity index (χ0n) is 19.0. The second-order valence-electron chi connectivity index (χ2n) is 7.58. The lowest BCUT2D eigenvalue weighted by atomic mass is 10.1. The predicted octanol–water partition coefficient (Wildman–Crippen LogP) is 5.12. The number of hydrogen-bond donors (Lipinski definition) is 2. The summed E-state index contributed by atoms with van der Waals surface area (Å²) in [6.45, 7) is 2.74. The summed E-state index contributed by atoms with van der Waals surface area (Å²) in [5, 5.41) is 5.83. The van der Waals surface area contributed by atoms with Crippen LogP contribution in [0.15, 0.2) is 78.9 Å². The fraction of sp³-hybridized carbons (Fsp3) is 0.259. The highest BCUT2D eigenvalue weighted by Crippen LogP contribution is 2.30. The van der Waals surface area contributed by atoms with Crippen molar-refractivity contribution >= 4 is 11.8 Å². The van der Waals surface area contributed by atoms with Gasteiger partial charge >= 0.3 is 0 Å². The minimum absolute atomic E-state index is 0.298. The molecule has 0 aliphatic heterocycles. The Morgan fingerprint density at radius 2 is 1.36 bits per heavy atom. The summed E-state index contributed by atoms with van der Waals surface area (Å²) in [5.41, 5.74) is 1.67. The molecule has 3 rings (SSSR count). The summed E-state index contributed by atoms with van der Waals surface area (Å²) < 4.78 is 11.4. The van der Waals surface area contributed by atoms with Gasteiger partial charge in [0.2, 0.25) is 0 Å². The Hall–Kier alpha value is -3.80. The van der Waals surface area contributed by atoms with Crippen LogP contribution in [-0.2, 0) is 0 Å².